The lowest BCUT2D eigenvalue weighted by Gasteiger charge is -2.12. The van der Waals surface area contributed by atoms with Crippen molar-refractivity contribution in [3.8, 4) is 0 Å². The molecule has 0 aromatic rings. The molecular formula is C15H30. The second-order valence-corrected chi connectivity index (χ2v) is 5.44. The molecule has 0 amide bonds. The molecule has 0 heteroatoms. The van der Waals surface area contributed by atoms with Crippen LogP contribution < -0.4 is 0 Å². The Morgan fingerprint density at radius 3 is 2.13 bits per heavy atom. The zero-order chi connectivity index (χ0) is 11.7. The van der Waals surface area contributed by atoms with Crippen molar-refractivity contribution >= 4 is 0 Å². The van der Waals surface area contributed by atoms with Gasteiger partial charge in [0.15, 0.2) is 0 Å². The lowest BCUT2D eigenvalue weighted by Crippen LogP contribution is -1.96. The van der Waals surface area contributed by atoms with E-state index in [-0.39, 0.29) is 0 Å². The minimum Gasteiger partial charge on any atom is -0.0999 e. The van der Waals surface area contributed by atoms with Gasteiger partial charge in [-0.15, -0.1) is 0 Å². The molecular weight excluding hydrogens is 180 g/mol. The summed E-state index contributed by atoms with van der Waals surface area (Å²) in [5, 5.41) is 0. The second-order valence-electron chi connectivity index (χ2n) is 5.44. The smallest absolute Gasteiger partial charge is 0.0297 e. The molecule has 1 unspecified atom stereocenters. The first-order valence-electron chi connectivity index (χ1n) is 6.72. The lowest BCUT2D eigenvalue weighted by atomic mass is 9.94. The van der Waals surface area contributed by atoms with E-state index in [1.807, 2.05) is 0 Å². The van der Waals surface area contributed by atoms with Gasteiger partial charge in [-0.25, -0.2) is 0 Å². The highest BCUT2D eigenvalue weighted by Crippen LogP contribution is 2.19. The summed E-state index contributed by atoms with van der Waals surface area (Å²) >= 11 is 0. The molecule has 0 nitrogen and oxygen atoms in total. The minimum absolute atomic E-state index is 0.844. The monoisotopic (exact) mass is 210 g/mol. The normalized spacial score (nSPS) is 13.1. The number of hydrogen-bond donors (Lipinski definition) is 0. The van der Waals surface area contributed by atoms with Crippen LogP contribution in [0.1, 0.15) is 72.6 Å². The Bertz CT molecular complexity index is 155. The van der Waals surface area contributed by atoms with Crippen LogP contribution in [0.15, 0.2) is 12.2 Å². The number of allylic oxidation sites excluding steroid dienone is 1. The Morgan fingerprint density at radius 2 is 1.60 bits per heavy atom. The average molecular weight is 210 g/mol. The van der Waals surface area contributed by atoms with Gasteiger partial charge in [0.2, 0.25) is 0 Å². The van der Waals surface area contributed by atoms with Crippen molar-refractivity contribution in [2.45, 2.75) is 72.6 Å². The highest BCUT2D eigenvalue weighted by molar-refractivity contribution is 4.93. The van der Waals surface area contributed by atoms with E-state index < -0.39 is 0 Å². The number of rotatable bonds is 9. The van der Waals surface area contributed by atoms with Gasteiger partial charge in [-0.1, -0.05) is 72.0 Å². The largest absolute Gasteiger partial charge is 0.0999 e. The van der Waals surface area contributed by atoms with Crippen LogP contribution in [0.3, 0.4) is 0 Å². The zero-order valence-corrected chi connectivity index (χ0v) is 11.3. The highest BCUT2D eigenvalue weighted by Gasteiger charge is 2.03. The fourth-order valence-electron chi connectivity index (χ4n) is 1.96. The maximum Gasteiger partial charge on any atom is -0.0297 e. The van der Waals surface area contributed by atoms with Crippen LogP contribution in [0.25, 0.3) is 0 Å². The molecule has 0 N–H and O–H groups in total. The van der Waals surface area contributed by atoms with Crippen LogP contribution in [-0.2, 0) is 0 Å². The summed E-state index contributed by atoms with van der Waals surface area (Å²) in [6, 6.07) is 0. The molecule has 0 fully saturated rings. The molecule has 0 aliphatic rings. The van der Waals surface area contributed by atoms with Crippen LogP contribution >= 0.6 is 0 Å². The van der Waals surface area contributed by atoms with E-state index in [9.17, 15) is 0 Å². The quantitative estimate of drug-likeness (QED) is 0.344. The fourth-order valence-corrected chi connectivity index (χ4v) is 1.96. The van der Waals surface area contributed by atoms with Crippen LogP contribution in [-0.4, -0.2) is 0 Å². The average Bonchev–Trinajstić information content (AvgIpc) is 2.16. The molecule has 0 spiro atoms. The van der Waals surface area contributed by atoms with Crippen molar-refractivity contribution in [2.24, 2.45) is 11.8 Å². The van der Waals surface area contributed by atoms with Gasteiger partial charge in [0, 0.05) is 0 Å². The Balaban J connectivity index is 3.31. The van der Waals surface area contributed by atoms with Crippen molar-refractivity contribution < 1.29 is 0 Å². The van der Waals surface area contributed by atoms with E-state index in [1.165, 1.54) is 44.1 Å². The summed E-state index contributed by atoms with van der Waals surface area (Å²) < 4.78 is 0. The first kappa shape index (κ1) is 14.7. The van der Waals surface area contributed by atoms with Crippen LogP contribution in [0.4, 0.5) is 0 Å². The molecule has 0 heterocycles. The van der Waals surface area contributed by atoms with Gasteiger partial charge in [0.1, 0.15) is 0 Å². The Kier molecular flexibility index (Phi) is 8.85. The molecule has 0 aliphatic carbocycles. The summed E-state index contributed by atoms with van der Waals surface area (Å²) in [7, 11) is 0. The van der Waals surface area contributed by atoms with Crippen molar-refractivity contribution in [3.05, 3.63) is 12.2 Å². The molecule has 0 bridgehead atoms. The van der Waals surface area contributed by atoms with Gasteiger partial charge < -0.3 is 0 Å². The van der Waals surface area contributed by atoms with Gasteiger partial charge in [-0.05, 0) is 24.7 Å². The first-order valence-corrected chi connectivity index (χ1v) is 6.72. The number of unbranched alkanes of at least 4 members (excludes halogenated alkanes) is 2. The van der Waals surface area contributed by atoms with Crippen LogP contribution in [0.2, 0.25) is 0 Å². The van der Waals surface area contributed by atoms with Gasteiger partial charge >= 0.3 is 0 Å². The van der Waals surface area contributed by atoms with Crippen LogP contribution in [0.5, 0.6) is 0 Å². The molecule has 1 atom stereocenters. The van der Waals surface area contributed by atoms with E-state index in [4.69, 9.17) is 0 Å². The molecule has 0 rings (SSSR count). The van der Waals surface area contributed by atoms with E-state index in [0.29, 0.717) is 0 Å². The van der Waals surface area contributed by atoms with E-state index in [2.05, 4.69) is 34.3 Å². The molecule has 0 radical (unpaired) electrons. The molecule has 0 aromatic carbocycles. The summed E-state index contributed by atoms with van der Waals surface area (Å²) in [6.45, 7) is 13.3. The lowest BCUT2D eigenvalue weighted by molar-refractivity contribution is 0.462. The third-order valence-electron chi connectivity index (χ3n) is 3.12. The SMILES string of the molecule is C=C(CC)CC(C)CCCCCC(C)C. The summed E-state index contributed by atoms with van der Waals surface area (Å²) in [4.78, 5) is 0. The van der Waals surface area contributed by atoms with E-state index in [1.54, 1.807) is 0 Å². The van der Waals surface area contributed by atoms with Crippen LogP contribution in [0, 0.1) is 11.8 Å². The van der Waals surface area contributed by atoms with Crippen molar-refractivity contribution in [2.75, 3.05) is 0 Å². The molecule has 0 aromatic heterocycles. The van der Waals surface area contributed by atoms with Gasteiger partial charge in [-0.2, -0.15) is 0 Å². The van der Waals surface area contributed by atoms with E-state index in [0.717, 1.165) is 18.3 Å². The summed E-state index contributed by atoms with van der Waals surface area (Å²) in [6.07, 6.45) is 9.41. The first-order chi connectivity index (χ1) is 7.06. The third kappa shape index (κ3) is 10.0. The molecule has 0 aliphatic heterocycles. The predicted molar refractivity (Wildman–Crippen MR) is 71.1 cm³/mol. The molecule has 0 saturated carbocycles. The Hall–Kier alpha value is -0.260. The molecule has 15 heavy (non-hydrogen) atoms. The van der Waals surface area contributed by atoms with E-state index >= 15 is 0 Å². The summed E-state index contributed by atoms with van der Waals surface area (Å²) in [5.41, 5.74) is 1.42. The van der Waals surface area contributed by atoms with Crippen molar-refractivity contribution in [1.82, 2.24) is 0 Å². The highest BCUT2D eigenvalue weighted by atomic mass is 14.1. The third-order valence-corrected chi connectivity index (χ3v) is 3.12. The fraction of sp³-hybridized carbons (Fsp3) is 0.867. The van der Waals surface area contributed by atoms with Gasteiger partial charge in [0.05, 0.1) is 0 Å². The topological polar surface area (TPSA) is 0 Å². The Labute approximate surface area is 97.2 Å². The Morgan fingerprint density at radius 1 is 1.00 bits per heavy atom. The maximum atomic E-state index is 4.08. The maximum absolute atomic E-state index is 4.08. The summed E-state index contributed by atoms with van der Waals surface area (Å²) in [5.74, 6) is 1.72. The van der Waals surface area contributed by atoms with Crippen molar-refractivity contribution in [3.63, 3.8) is 0 Å². The minimum atomic E-state index is 0.844. The second kappa shape index (κ2) is 9.00. The molecule has 0 saturated heterocycles. The standard InChI is InChI=1S/C15H30/c1-6-14(4)12-15(5)11-9-7-8-10-13(2)3/h13,15H,4,6-12H2,1-3,5H3. The number of hydrogen-bond acceptors (Lipinski definition) is 0. The van der Waals surface area contributed by atoms with Gasteiger partial charge in [0.25, 0.3) is 0 Å². The zero-order valence-electron chi connectivity index (χ0n) is 11.3. The molecule has 90 valence electrons. The van der Waals surface area contributed by atoms with Gasteiger partial charge in [-0.3, -0.25) is 0 Å². The predicted octanol–water partition coefficient (Wildman–Crippen LogP) is 5.59. The van der Waals surface area contributed by atoms with Crippen molar-refractivity contribution in [1.29, 1.82) is 0 Å².